The van der Waals surface area contributed by atoms with Gasteiger partial charge in [-0.25, -0.2) is 0 Å². The minimum Gasteiger partial charge on any atom is -0.491 e. The highest BCUT2D eigenvalue weighted by molar-refractivity contribution is 5.46. The Kier molecular flexibility index (Phi) is 5.05. The second kappa shape index (κ2) is 7.20. The van der Waals surface area contributed by atoms with Crippen LogP contribution in [-0.4, -0.2) is 49.1 Å². The molecule has 5 nitrogen and oxygen atoms in total. The molecule has 1 aliphatic carbocycles. The third kappa shape index (κ3) is 3.84. The molecule has 1 heterocycles. The molecule has 2 aliphatic rings. The van der Waals surface area contributed by atoms with Crippen molar-refractivity contribution in [3.05, 3.63) is 18.2 Å². The second-order valence-electron chi connectivity index (χ2n) is 6.21. The molecule has 1 aromatic carbocycles. The van der Waals surface area contributed by atoms with Crippen molar-refractivity contribution in [2.45, 2.75) is 44.2 Å². The molecule has 0 unspecified atom stereocenters. The minimum absolute atomic E-state index is 0.258. The van der Waals surface area contributed by atoms with Crippen molar-refractivity contribution in [3.8, 4) is 17.2 Å². The van der Waals surface area contributed by atoms with Gasteiger partial charge in [0.25, 0.3) is 0 Å². The number of rotatable bonds is 6. The van der Waals surface area contributed by atoms with Crippen molar-refractivity contribution in [2.75, 3.05) is 27.0 Å². The second-order valence-corrected chi connectivity index (χ2v) is 6.21. The van der Waals surface area contributed by atoms with Crippen LogP contribution in [0.15, 0.2) is 18.2 Å². The summed E-state index contributed by atoms with van der Waals surface area (Å²) in [6.07, 6.45) is 5.95. The summed E-state index contributed by atoms with van der Waals surface area (Å²) in [6, 6.07) is 6.08. The number of fused-ring (bicyclic) bond motifs is 1. The Bertz CT molecular complexity index is 488. The van der Waals surface area contributed by atoms with Gasteiger partial charge in [-0.3, -0.25) is 0 Å². The van der Waals surface area contributed by atoms with E-state index in [4.69, 9.17) is 14.2 Å². The first kappa shape index (κ1) is 15.4. The molecule has 1 saturated carbocycles. The van der Waals surface area contributed by atoms with Crippen molar-refractivity contribution in [3.63, 3.8) is 0 Å². The van der Waals surface area contributed by atoms with Crippen LogP contribution in [0.3, 0.4) is 0 Å². The van der Waals surface area contributed by atoms with Gasteiger partial charge in [0.1, 0.15) is 18.5 Å². The standard InChI is InChI=1S/C17H25NO4/c1-18(13-5-3-2-4-6-13)10-14(19)11-20-15-7-8-16-17(9-15)22-12-21-16/h7-9,13-14,19H,2-6,10-12H2,1H3/t14-/m1/s1. The van der Waals surface area contributed by atoms with E-state index < -0.39 is 6.10 Å². The number of ether oxygens (including phenoxy) is 3. The van der Waals surface area contributed by atoms with E-state index in [1.807, 2.05) is 12.1 Å². The van der Waals surface area contributed by atoms with Gasteiger partial charge in [-0.1, -0.05) is 19.3 Å². The molecular formula is C17H25NO4. The fourth-order valence-corrected chi connectivity index (χ4v) is 3.22. The summed E-state index contributed by atoms with van der Waals surface area (Å²) in [4.78, 5) is 2.27. The Morgan fingerprint density at radius 2 is 2.00 bits per heavy atom. The number of likely N-dealkylation sites (N-methyl/N-ethyl adjacent to an activating group) is 1. The van der Waals surface area contributed by atoms with Crippen molar-refractivity contribution in [1.82, 2.24) is 4.90 Å². The smallest absolute Gasteiger partial charge is 0.231 e. The monoisotopic (exact) mass is 307 g/mol. The van der Waals surface area contributed by atoms with Crippen LogP contribution in [0.4, 0.5) is 0 Å². The summed E-state index contributed by atoms with van der Waals surface area (Å²) >= 11 is 0. The fourth-order valence-electron chi connectivity index (χ4n) is 3.22. The number of benzene rings is 1. The fraction of sp³-hybridized carbons (Fsp3) is 0.647. The van der Waals surface area contributed by atoms with Crippen LogP contribution < -0.4 is 14.2 Å². The third-order valence-corrected chi connectivity index (χ3v) is 4.48. The van der Waals surface area contributed by atoms with E-state index in [9.17, 15) is 5.11 Å². The van der Waals surface area contributed by atoms with Crippen molar-refractivity contribution >= 4 is 0 Å². The zero-order valence-electron chi connectivity index (χ0n) is 13.2. The molecule has 0 spiro atoms. The first-order valence-electron chi connectivity index (χ1n) is 8.13. The molecule has 1 atom stereocenters. The van der Waals surface area contributed by atoms with Crippen LogP contribution in [0.2, 0.25) is 0 Å². The molecule has 122 valence electrons. The third-order valence-electron chi connectivity index (χ3n) is 4.48. The molecule has 1 fully saturated rings. The molecule has 0 aromatic heterocycles. The minimum atomic E-state index is -0.489. The Morgan fingerprint density at radius 1 is 1.23 bits per heavy atom. The molecule has 0 radical (unpaired) electrons. The number of hydrogen-bond acceptors (Lipinski definition) is 5. The average Bonchev–Trinajstić information content (AvgIpc) is 3.01. The largest absolute Gasteiger partial charge is 0.491 e. The van der Waals surface area contributed by atoms with Crippen molar-refractivity contribution in [2.24, 2.45) is 0 Å². The molecule has 1 aromatic rings. The zero-order chi connectivity index (χ0) is 15.4. The molecule has 3 rings (SSSR count). The summed E-state index contributed by atoms with van der Waals surface area (Å²) in [6.45, 7) is 1.19. The summed E-state index contributed by atoms with van der Waals surface area (Å²) in [5.41, 5.74) is 0. The SMILES string of the molecule is CN(C[C@@H](O)COc1ccc2c(c1)OCO2)C1CCCCC1. The Balaban J connectivity index is 1.44. The van der Waals surface area contributed by atoms with Crippen LogP contribution in [0.1, 0.15) is 32.1 Å². The summed E-state index contributed by atoms with van der Waals surface area (Å²) in [7, 11) is 2.10. The molecule has 22 heavy (non-hydrogen) atoms. The Hall–Kier alpha value is -1.46. The lowest BCUT2D eigenvalue weighted by Crippen LogP contribution is -2.40. The van der Waals surface area contributed by atoms with E-state index in [0.717, 1.165) is 5.75 Å². The highest BCUT2D eigenvalue weighted by Gasteiger charge is 2.20. The highest BCUT2D eigenvalue weighted by Crippen LogP contribution is 2.35. The van der Waals surface area contributed by atoms with Gasteiger partial charge in [0, 0.05) is 18.7 Å². The van der Waals surface area contributed by atoms with E-state index >= 15 is 0 Å². The predicted octanol–water partition coefficient (Wildman–Crippen LogP) is 2.42. The molecule has 0 saturated heterocycles. The summed E-state index contributed by atoms with van der Waals surface area (Å²) < 4.78 is 16.3. The van der Waals surface area contributed by atoms with Gasteiger partial charge in [0.15, 0.2) is 11.5 Å². The first-order valence-corrected chi connectivity index (χ1v) is 8.13. The van der Waals surface area contributed by atoms with Crippen molar-refractivity contribution in [1.29, 1.82) is 0 Å². The van der Waals surface area contributed by atoms with Gasteiger partial charge >= 0.3 is 0 Å². The van der Waals surface area contributed by atoms with Crippen LogP contribution in [0.25, 0.3) is 0 Å². The van der Waals surface area contributed by atoms with E-state index in [0.29, 0.717) is 24.1 Å². The molecule has 1 N–H and O–H groups in total. The molecule has 1 aliphatic heterocycles. The highest BCUT2D eigenvalue weighted by atomic mass is 16.7. The van der Waals surface area contributed by atoms with Gasteiger partial charge in [0.2, 0.25) is 6.79 Å². The zero-order valence-corrected chi connectivity index (χ0v) is 13.2. The summed E-state index contributed by atoms with van der Waals surface area (Å²) in [5, 5.41) is 10.2. The van der Waals surface area contributed by atoms with E-state index in [1.165, 1.54) is 32.1 Å². The molecule has 0 bridgehead atoms. The normalized spacial score (nSPS) is 19.4. The first-order chi connectivity index (χ1) is 10.7. The maximum Gasteiger partial charge on any atom is 0.231 e. The average molecular weight is 307 g/mol. The van der Waals surface area contributed by atoms with E-state index in [1.54, 1.807) is 6.07 Å². The van der Waals surface area contributed by atoms with Crippen molar-refractivity contribution < 1.29 is 19.3 Å². The lowest BCUT2D eigenvalue weighted by Gasteiger charge is -2.32. The maximum atomic E-state index is 10.2. The van der Waals surface area contributed by atoms with E-state index in [-0.39, 0.29) is 13.4 Å². The van der Waals surface area contributed by atoms with E-state index in [2.05, 4.69) is 11.9 Å². The topological polar surface area (TPSA) is 51.2 Å². The maximum absolute atomic E-state index is 10.2. The lowest BCUT2D eigenvalue weighted by molar-refractivity contribution is 0.0561. The molecular weight excluding hydrogens is 282 g/mol. The van der Waals surface area contributed by atoms with Crippen LogP contribution in [-0.2, 0) is 0 Å². The van der Waals surface area contributed by atoms with Gasteiger partial charge in [-0.15, -0.1) is 0 Å². The number of hydrogen-bond donors (Lipinski definition) is 1. The number of aliphatic hydroxyl groups excluding tert-OH is 1. The van der Waals surface area contributed by atoms with Gasteiger partial charge in [0.05, 0.1) is 0 Å². The van der Waals surface area contributed by atoms with Crippen LogP contribution >= 0.6 is 0 Å². The predicted molar refractivity (Wildman–Crippen MR) is 83.6 cm³/mol. The molecule has 0 amide bonds. The summed E-state index contributed by atoms with van der Waals surface area (Å²) in [5.74, 6) is 2.14. The van der Waals surface area contributed by atoms with Crippen LogP contribution in [0, 0.1) is 0 Å². The lowest BCUT2D eigenvalue weighted by atomic mass is 9.94. The molecule has 5 heteroatoms. The Morgan fingerprint density at radius 3 is 2.82 bits per heavy atom. The van der Waals surface area contributed by atoms with Gasteiger partial charge < -0.3 is 24.2 Å². The number of nitrogens with zero attached hydrogens (tertiary/aromatic N) is 1. The quantitative estimate of drug-likeness (QED) is 0.875. The Labute approximate surface area is 131 Å². The van der Waals surface area contributed by atoms with Gasteiger partial charge in [-0.05, 0) is 32.0 Å². The number of aliphatic hydroxyl groups is 1. The van der Waals surface area contributed by atoms with Crippen LogP contribution in [0.5, 0.6) is 17.2 Å². The van der Waals surface area contributed by atoms with Gasteiger partial charge in [-0.2, -0.15) is 0 Å².